The Labute approximate surface area is 128 Å². The molecule has 21 heavy (non-hydrogen) atoms. The van der Waals surface area contributed by atoms with Gasteiger partial charge in [0.25, 0.3) is 0 Å². The van der Waals surface area contributed by atoms with E-state index in [-0.39, 0.29) is 12.0 Å². The fourth-order valence-corrected chi connectivity index (χ4v) is 3.16. The second-order valence-electron chi connectivity index (χ2n) is 6.18. The molecule has 2 N–H and O–H groups in total. The molecule has 1 saturated heterocycles. The van der Waals surface area contributed by atoms with Crippen molar-refractivity contribution in [3.05, 3.63) is 0 Å². The van der Waals surface area contributed by atoms with E-state index in [2.05, 4.69) is 15.5 Å². The van der Waals surface area contributed by atoms with Crippen LogP contribution in [0.4, 0.5) is 0 Å². The van der Waals surface area contributed by atoms with Crippen molar-refractivity contribution in [3.8, 4) is 0 Å². The molecule has 0 radical (unpaired) electrons. The van der Waals surface area contributed by atoms with Crippen LogP contribution in [0.1, 0.15) is 45.4 Å². The first-order chi connectivity index (χ1) is 10.3. The molecule has 122 valence electrons. The second-order valence-corrected chi connectivity index (χ2v) is 6.18. The molecule has 0 bridgehead atoms. The summed E-state index contributed by atoms with van der Waals surface area (Å²) in [5, 5.41) is 6.38. The summed E-state index contributed by atoms with van der Waals surface area (Å²) in [6.45, 7) is 7.95. The van der Waals surface area contributed by atoms with E-state index in [0.29, 0.717) is 6.10 Å². The minimum absolute atomic E-state index is 0.0678. The zero-order valence-corrected chi connectivity index (χ0v) is 13.4. The molecule has 1 aliphatic carbocycles. The van der Waals surface area contributed by atoms with Crippen molar-refractivity contribution >= 4 is 5.91 Å². The Morgan fingerprint density at radius 1 is 1.29 bits per heavy atom. The number of amides is 1. The molecule has 0 aromatic rings. The first-order valence-corrected chi connectivity index (χ1v) is 8.66. The Kier molecular flexibility index (Phi) is 7.47. The quantitative estimate of drug-likeness (QED) is 0.740. The summed E-state index contributed by atoms with van der Waals surface area (Å²) in [5.74, 6) is 0.0678. The zero-order chi connectivity index (χ0) is 14.9. The lowest BCUT2D eigenvalue weighted by molar-refractivity contribution is -0.138. The molecule has 2 fully saturated rings. The Hall–Kier alpha value is -0.650. The molecule has 1 aliphatic heterocycles. The third-order valence-electron chi connectivity index (χ3n) is 4.51. The summed E-state index contributed by atoms with van der Waals surface area (Å²) in [6, 6.07) is 0. The zero-order valence-electron chi connectivity index (χ0n) is 13.4. The number of hydrogen-bond acceptors (Lipinski definition) is 4. The number of nitrogens with one attached hydrogen (secondary N) is 2. The van der Waals surface area contributed by atoms with Crippen LogP contribution in [-0.2, 0) is 9.53 Å². The summed E-state index contributed by atoms with van der Waals surface area (Å²) < 4.78 is 6.01. The van der Waals surface area contributed by atoms with Gasteiger partial charge in [0.1, 0.15) is 6.10 Å². The SMILES string of the molecule is CCC(OC1CCCCC1)C(=O)NCCN1CCNCC1. The number of hydrogen-bond donors (Lipinski definition) is 2. The van der Waals surface area contributed by atoms with Gasteiger partial charge in [-0.2, -0.15) is 0 Å². The van der Waals surface area contributed by atoms with E-state index in [1.807, 2.05) is 6.92 Å². The smallest absolute Gasteiger partial charge is 0.249 e. The van der Waals surface area contributed by atoms with Gasteiger partial charge < -0.3 is 15.4 Å². The van der Waals surface area contributed by atoms with E-state index < -0.39 is 0 Å². The van der Waals surface area contributed by atoms with Crippen LogP contribution in [0.3, 0.4) is 0 Å². The van der Waals surface area contributed by atoms with Gasteiger partial charge in [-0.25, -0.2) is 0 Å². The van der Waals surface area contributed by atoms with Crippen molar-refractivity contribution in [2.45, 2.75) is 57.7 Å². The molecule has 1 saturated carbocycles. The van der Waals surface area contributed by atoms with E-state index in [9.17, 15) is 4.79 Å². The molecule has 1 atom stereocenters. The molecule has 2 rings (SSSR count). The fourth-order valence-electron chi connectivity index (χ4n) is 3.16. The van der Waals surface area contributed by atoms with Crippen LogP contribution >= 0.6 is 0 Å². The van der Waals surface area contributed by atoms with Gasteiger partial charge in [-0.1, -0.05) is 26.2 Å². The standard InChI is InChI=1S/C16H31N3O2/c1-2-15(21-14-6-4-3-5-7-14)16(20)18-10-13-19-11-8-17-9-12-19/h14-15,17H,2-13H2,1H3,(H,18,20). The minimum Gasteiger partial charge on any atom is -0.365 e. The van der Waals surface area contributed by atoms with Crippen LogP contribution in [0.25, 0.3) is 0 Å². The number of carbonyl (C=O) groups excluding carboxylic acids is 1. The molecule has 1 amide bonds. The Bertz CT molecular complexity index is 300. The van der Waals surface area contributed by atoms with E-state index in [1.54, 1.807) is 0 Å². The van der Waals surface area contributed by atoms with Crippen molar-refractivity contribution < 1.29 is 9.53 Å². The van der Waals surface area contributed by atoms with Crippen molar-refractivity contribution in [2.24, 2.45) is 0 Å². The van der Waals surface area contributed by atoms with Gasteiger partial charge in [0, 0.05) is 39.3 Å². The van der Waals surface area contributed by atoms with Crippen LogP contribution in [-0.4, -0.2) is 62.3 Å². The molecule has 0 aromatic heterocycles. The molecule has 5 nitrogen and oxygen atoms in total. The molecular formula is C16H31N3O2. The fraction of sp³-hybridized carbons (Fsp3) is 0.938. The largest absolute Gasteiger partial charge is 0.365 e. The third-order valence-corrected chi connectivity index (χ3v) is 4.51. The predicted molar refractivity (Wildman–Crippen MR) is 84.4 cm³/mol. The maximum absolute atomic E-state index is 12.2. The Balaban J connectivity index is 1.64. The van der Waals surface area contributed by atoms with E-state index >= 15 is 0 Å². The van der Waals surface area contributed by atoms with Crippen LogP contribution in [0.2, 0.25) is 0 Å². The van der Waals surface area contributed by atoms with Crippen LogP contribution in [0.5, 0.6) is 0 Å². The highest BCUT2D eigenvalue weighted by Crippen LogP contribution is 2.22. The van der Waals surface area contributed by atoms with Crippen molar-refractivity contribution in [3.63, 3.8) is 0 Å². The number of piperazine rings is 1. The van der Waals surface area contributed by atoms with Crippen molar-refractivity contribution in [1.82, 2.24) is 15.5 Å². The molecule has 5 heteroatoms. The molecular weight excluding hydrogens is 266 g/mol. The highest BCUT2D eigenvalue weighted by atomic mass is 16.5. The van der Waals surface area contributed by atoms with Gasteiger partial charge in [-0.15, -0.1) is 0 Å². The van der Waals surface area contributed by atoms with Gasteiger partial charge in [0.15, 0.2) is 0 Å². The number of carbonyl (C=O) groups is 1. The summed E-state index contributed by atoms with van der Waals surface area (Å²) in [7, 11) is 0. The van der Waals surface area contributed by atoms with Crippen molar-refractivity contribution in [1.29, 1.82) is 0 Å². The van der Waals surface area contributed by atoms with E-state index in [1.165, 1.54) is 19.3 Å². The van der Waals surface area contributed by atoms with Gasteiger partial charge in [-0.3, -0.25) is 9.69 Å². The Morgan fingerprint density at radius 2 is 2.00 bits per heavy atom. The van der Waals surface area contributed by atoms with E-state index in [4.69, 9.17) is 4.74 Å². The normalized spacial score (nSPS) is 22.9. The molecule has 0 spiro atoms. The maximum atomic E-state index is 12.2. The topological polar surface area (TPSA) is 53.6 Å². The first kappa shape index (κ1) is 16.7. The molecule has 0 aromatic carbocycles. The average Bonchev–Trinajstić information content (AvgIpc) is 2.54. The summed E-state index contributed by atoms with van der Waals surface area (Å²) in [4.78, 5) is 14.6. The maximum Gasteiger partial charge on any atom is 0.249 e. The average molecular weight is 297 g/mol. The Morgan fingerprint density at radius 3 is 2.67 bits per heavy atom. The van der Waals surface area contributed by atoms with Crippen LogP contribution in [0, 0.1) is 0 Å². The summed E-state index contributed by atoms with van der Waals surface area (Å²) >= 11 is 0. The lowest BCUT2D eigenvalue weighted by Crippen LogP contribution is -2.47. The number of rotatable bonds is 7. The van der Waals surface area contributed by atoms with Crippen LogP contribution in [0.15, 0.2) is 0 Å². The molecule has 1 heterocycles. The van der Waals surface area contributed by atoms with Crippen LogP contribution < -0.4 is 10.6 Å². The van der Waals surface area contributed by atoms with Gasteiger partial charge in [-0.05, 0) is 19.3 Å². The van der Waals surface area contributed by atoms with Gasteiger partial charge >= 0.3 is 0 Å². The predicted octanol–water partition coefficient (Wildman–Crippen LogP) is 1.14. The number of ether oxygens (including phenoxy) is 1. The van der Waals surface area contributed by atoms with Crippen molar-refractivity contribution in [2.75, 3.05) is 39.3 Å². The van der Waals surface area contributed by atoms with Gasteiger partial charge in [0.05, 0.1) is 6.10 Å². The third kappa shape index (κ3) is 5.93. The lowest BCUT2D eigenvalue weighted by atomic mass is 9.97. The van der Waals surface area contributed by atoms with E-state index in [0.717, 1.165) is 58.5 Å². The first-order valence-electron chi connectivity index (χ1n) is 8.66. The summed E-state index contributed by atoms with van der Waals surface area (Å²) in [5.41, 5.74) is 0. The minimum atomic E-state index is -0.267. The monoisotopic (exact) mass is 297 g/mol. The number of nitrogens with zero attached hydrogens (tertiary/aromatic N) is 1. The second kappa shape index (κ2) is 9.38. The van der Waals surface area contributed by atoms with Gasteiger partial charge in [0.2, 0.25) is 5.91 Å². The highest BCUT2D eigenvalue weighted by molar-refractivity contribution is 5.80. The molecule has 1 unspecified atom stereocenters. The highest BCUT2D eigenvalue weighted by Gasteiger charge is 2.23. The lowest BCUT2D eigenvalue weighted by Gasteiger charge is -2.28. The molecule has 2 aliphatic rings. The summed E-state index contributed by atoms with van der Waals surface area (Å²) in [6.07, 6.45) is 6.81.